The number of para-hydroxylation sites is 1. The molecule has 2 aromatic carbocycles. The molecule has 0 saturated carbocycles. The summed E-state index contributed by atoms with van der Waals surface area (Å²) in [4.78, 5) is 11.8. The molecule has 1 atom stereocenters. The van der Waals surface area contributed by atoms with E-state index in [0.717, 1.165) is 9.87 Å². The van der Waals surface area contributed by atoms with Crippen molar-refractivity contribution in [1.29, 1.82) is 0 Å². The monoisotopic (exact) mass is 362 g/mol. The average molecular weight is 362 g/mol. The Balaban J connectivity index is 2.21. The lowest BCUT2D eigenvalue weighted by atomic mass is 10.1. The molecule has 1 amide bonds. The fourth-order valence-corrected chi connectivity index (χ4v) is 4.80. The van der Waals surface area contributed by atoms with Gasteiger partial charge in [-0.1, -0.05) is 18.2 Å². The Kier molecular flexibility index (Phi) is 4.30. The van der Waals surface area contributed by atoms with Crippen molar-refractivity contribution in [3.63, 3.8) is 0 Å². The van der Waals surface area contributed by atoms with Crippen LogP contribution in [0.25, 0.3) is 0 Å². The summed E-state index contributed by atoms with van der Waals surface area (Å²) in [6.45, 7) is 0. The van der Waals surface area contributed by atoms with Gasteiger partial charge in [-0.05, 0) is 23.8 Å². The van der Waals surface area contributed by atoms with Gasteiger partial charge in [0.25, 0.3) is 10.0 Å². The van der Waals surface area contributed by atoms with Gasteiger partial charge < -0.3 is 15.2 Å². The van der Waals surface area contributed by atoms with Crippen LogP contribution in [0.5, 0.6) is 11.5 Å². The quantitative estimate of drug-likeness (QED) is 0.865. The van der Waals surface area contributed by atoms with Crippen LogP contribution in [0.4, 0.5) is 5.69 Å². The van der Waals surface area contributed by atoms with E-state index in [1.807, 2.05) is 0 Å². The number of hydrogen-bond donors (Lipinski definition) is 1. The molecular weight excluding hydrogens is 344 g/mol. The molecule has 3 rings (SSSR count). The number of hydrogen-bond acceptors (Lipinski definition) is 5. The van der Waals surface area contributed by atoms with Gasteiger partial charge in [0, 0.05) is 12.5 Å². The number of carbonyl (C=O) groups excluding carboxylic acids is 1. The van der Waals surface area contributed by atoms with E-state index in [4.69, 9.17) is 15.2 Å². The summed E-state index contributed by atoms with van der Waals surface area (Å²) in [5.41, 5.74) is 6.66. The first-order valence-corrected chi connectivity index (χ1v) is 8.98. The molecule has 0 saturated heterocycles. The molecule has 0 spiro atoms. The zero-order valence-corrected chi connectivity index (χ0v) is 14.6. The minimum atomic E-state index is -4.09. The number of anilines is 1. The number of carbonyl (C=O) groups is 1. The number of sulfonamides is 1. The largest absolute Gasteiger partial charge is 0.497 e. The van der Waals surface area contributed by atoms with Crippen LogP contribution < -0.4 is 19.5 Å². The Bertz CT molecular complexity index is 926. The molecule has 0 bridgehead atoms. The van der Waals surface area contributed by atoms with Gasteiger partial charge >= 0.3 is 0 Å². The van der Waals surface area contributed by atoms with Gasteiger partial charge in [-0.25, -0.2) is 8.42 Å². The topological polar surface area (TPSA) is 98.9 Å². The van der Waals surface area contributed by atoms with Crippen LogP contribution in [-0.2, 0) is 21.2 Å². The summed E-state index contributed by atoms with van der Waals surface area (Å²) in [5, 5.41) is 0. The van der Waals surface area contributed by atoms with Crippen LogP contribution in [0.2, 0.25) is 0 Å². The predicted molar refractivity (Wildman–Crippen MR) is 92.3 cm³/mol. The van der Waals surface area contributed by atoms with Gasteiger partial charge in [-0.2, -0.15) is 0 Å². The van der Waals surface area contributed by atoms with Crippen molar-refractivity contribution >= 4 is 21.6 Å². The van der Waals surface area contributed by atoms with E-state index in [1.165, 1.54) is 26.4 Å². The second-order valence-corrected chi connectivity index (χ2v) is 7.35. The van der Waals surface area contributed by atoms with Crippen LogP contribution in [0.3, 0.4) is 0 Å². The first-order valence-electron chi connectivity index (χ1n) is 7.54. The summed E-state index contributed by atoms with van der Waals surface area (Å²) < 4.78 is 38.1. The third-order valence-corrected chi connectivity index (χ3v) is 6.01. The number of rotatable bonds is 5. The summed E-state index contributed by atoms with van der Waals surface area (Å²) in [6.07, 6.45) is 0.233. The number of amides is 1. The van der Waals surface area contributed by atoms with Gasteiger partial charge in [-0.3, -0.25) is 9.10 Å². The van der Waals surface area contributed by atoms with E-state index >= 15 is 0 Å². The normalized spacial score (nSPS) is 16.4. The van der Waals surface area contributed by atoms with Gasteiger partial charge in [-0.15, -0.1) is 0 Å². The highest BCUT2D eigenvalue weighted by atomic mass is 32.2. The van der Waals surface area contributed by atoms with Gasteiger partial charge in [0.05, 0.1) is 19.9 Å². The Morgan fingerprint density at radius 2 is 1.88 bits per heavy atom. The van der Waals surface area contributed by atoms with Crippen LogP contribution in [-0.4, -0.2) is 34.6 Å². The lowest BCUT2D eigenvalue weighted by Crippen LogP contribution is -2.46. The minimum absolute atomic E-state index is 0.0858. The molecule has 25 heavy (non-hydrogen) atoms. The zero-order valence-electron chi connectivity index (χ0n) is 13.8. The number of primary amides is 1. The molecule has 7 nitrogen and oxygen atoms in total. The highest BCUT2D eigenvalue weighted by Gasteiger charge is 2.42. The van der Waals surface area contributed by atoms with E-state index in [0.29, 0.717) is 11.4 Å². The molecule has 1 heterocycles. The molecule has 1 aliphatic heterocycles. The second kappa shape index (κ2) is 6.29. The van der Waals surface area contributed by atoms with Crippen LogP contribution in [0, 0.1) is 0 Å². The SMILES string of the molecule is COc1ccc(OC)c(S(=O)(=O)N2c3ccccc3CC2C(N)=O)c1. The van der Waals surface area contributed by atoms with E-state index in [1.54, 1.807) is 30.3 Å². The number of fused-ring (bicyclic) bond motifs is 1. The maximum atomic E-state index is 13.3. The number of benzene rings is 2. The molecule has 1 aliphatic rings. The smallest absolute Gasteiger partial charge is 0.268 e. The summed E-state index contributed by atoms with van der Waals surface area (Å²) in [7, 11) is -1.27. The molecular formula is C17H18N2O5S. The van der Waals surface area contributed by atoms with Crippen molar-refractivity contribution in [2.24, 2.45) is 5.73 Å². The molecule has 0 fully saturated rings. The van der Waals surface area contributed by atoms with Crippen molar-refractivity contribution in [3.8, 4) is 11.5 Å². The fraction of sp³-hybridized carbons (Fsp3) is 0.235. The number of nitrogens with two attached hydrogens (primary N) is 1. The van der Waals surface area contributed by atoms with Gasteiger partial charge in [0.2, 0.25) is 5.91 Å². The van der Waals surface area contributed by atoms with Crippen molar-refractivity contribution in [3.05, 3.63) is 48.0 Å². The van der Waals surface area contributed by atoms with Crippen molar-refractivity contribution in [2.45, 2.75) is 17.4 Å². The third kappa shape index (κ3) is 2.78. The summed E-state index contributed by atoms with van der Waals surface area (Å²) in [6, 6.07) is 10.4. The molecule has 0 radical (unpaired) electrons. The Labute approximate surface area is 146 Å². The lowest BCUT2D eigenvalue weighted by molar-refractivity contribution is -0.118. The standard InChI is InChI=1S/C17H18N2O5S/c1-23-12-7-8-15(24-2)16(10-12)25(21,22)19-13-6-4-3-5-11(13)9-14(19)17(18)20/h3-8,10,14H,9H2,1-2H3,(H2,18,20). The number of methoxy groups -OCH3 is 2. The molecule has 1 unspecified atom stereocenters. The van der Waals surface area contributed by atoms with E-state index in [2.05, 4.69) is 0 Å². The van der Waals surface area contributed by atoms with Crippen LogP contribution in [0.1, 0.15) is 5.56 Å². The molecule has 132 valence electrons. The Morgan fingerprint density at radius 1 is 1.16 bits per heavy atom. The van der Waals surface area contributed by atoms with E-state index < -0.39 is 22.0 Å². The number of ether oxygens (including phenoxy) is 2. The number of nitrogens with zero attached hydrogens (tertiary/aromatic N) is 1. The predicted octanol–water partition coefficient (Wildman–Crippen LogP) is 1.31. The molecule has 2 aromatic rings. The zero-order chi connectivity index (χ0) is 18.2. The molecule has 0 aliphatic carbocycles. The minimum Gasteiger partial charge on any atom is -0.497 e. The Morgan fingerprint density at radius 3 is 2.52 bits per heavy atom. The maximum absolute atomic E-state index is 13.3. The first-order chi connectivity index (χ1) is 11.9. The van der Waals surface area contributed by atoms with E-state index in [-0.39, 0.29) is 17.1 Å². The van der Waals surface area contributed by atoms with E-state index in [9.17, 15) is 13.2 Å². The lowest BCUT2D eigenvalue weighted by Gasteiger charge is -2.26. The molecule has 8 heteroatoms. The van der Waals surface area contributed by atoms with Gasteiger partial charge in [0.1, 0.15) is 22.4 Å². The third-order valence-electron chi connectivity index (χ3n) is 4.16. The fourth-order valence-electron chi connectivity index (χ4n) is 2.96. The van der Waals surface area contributed by atoms with Crippen LogP contribution in [0.15, 0.2) is 47.4 Å². The summed E-state index contributed by atoms with van der Waals surface area (Å²) in [5.74, 6) is -0.183. The molecule has 2 N–H and O–H groups in total. The average Bonchev–Trinajstić information content (AvgIpc) is 3.01. The van der Waals surface area contributed by atoms with Crippen molar-refractivity contribution in [2.75, 3.05) is 18.5 Å². The second-order valence-electron chi connectivity index (χ2n) is 5.57. The van der Waals surface area contributed by atoms with Crippen molar-refractivity contribution < 1.29 is 22.7 Å². The Hall–Kier alpha value is -2.74. The maximum Gasteiger partial charge on any atom is 0.268 e. The van der Waals surface area contributed by atoms with Gasteiger partial charge in [0.15, 0.2) is 0 Å². The van der Waals surface area contributed by atoms with Crippen molar-refractivity contribution in [1.82, 2.24) is 0 Å². The summed E-state index contributed by atoms with van der Waals surface area (Å²) >= 11 is 0. The first kappa shape index (κ1) is 17.1. The van der Waals surface area contributed by atoms with Crippen LogP contribution >= 0.6 is 0 Å². The highest BCUT2D eigenvalue weighted by Crippen LogP contribution is 2.39. The highest BCUT2D eigenvalue weighted by molar-refractivity contribution is 7.93. The molecule has 0 aromatic heterocycles.